The Kier molecular flexibility index (Phi) is 4.22. The van der Waals surface area contributed by atoms with Crippen molar-refractivity contribution in [2.75, 3.05) is 6.61 Å². The molecular weight excluding hydrogens is 374 g/mol. The number of aliphatic hydroxyl groups excluding tert-OH is 1. The van der Waals surface area contributed by atoms with E-state index in [0.29, 0.717) is 24.2 Å². The summed E-state index contributed by atoms with van der Waals surface area (Å²) in [5.74, 6) is -1.36. The first-order valence-corrected chi connectivity index (χ1v) is 8.17. The van der Waals surface area contributed by atoms with Crippen LogP contribution in [0.1, 0.15) is 22.9 Å². The van der Waals surface area contributed by atoms with Gasteiger partial charge in [-0.3, -0.25) is 0 Å². The van der Waals surface area contributed by atoms with E-state index in [1.807, 2.05) is 16.2 Å². The summed E-state index contributed by atoms with van der Waals surface area (Å²) in [6.45, 7) is 0.474. The Morgan fingerprint density at radius 2 is 2.14 bits per heavy atom. The van der Waals surface area contributed by atoms with E-state index in [-0.39, 0.29) is 22.6 Å². The van der Waals surface area contributed by atoms with E-state index in [4.69, 9.17) is 12.2 Å². The van der Waals surface area contributed by atoms with Gasteiger partial charge in [0.15, 0.2) is 4.77 Å². The number of fused-ring (bicyclic) bond motifs is 1. The smallest absolute Gasteiger partial charge is 0.179 e. The van der Waals surface area contributed by atoms with Crippen molar-refractivity contribution in [3.63, 3.8) is 0 Å². The number of benzene rings is 1. The number of hydrogen-bond donors (Lipinski definition) is 1. The zero-order chi connectivity index (χ0) is 16.0. The van der Waals surface area contributed by atoms with Gasteiger partial charge in [-0.15, -0.1) is 0 Å². The molecule has 0 spiro atoms. The van der Waals surface area contributed by atoms with Crippen molar-refractivity contribution in [3.05, 3.63) is 50.0 Å². The van der Waals surface area contributed by atoms with Gasteiger partial charge in [-0.25, -0.2) is 8.78 Å². The van der Waals surface area contributed by atoms with Crippen molar-refractivity contribution < 1.29 is 13.9 Å². The van der Waals surface area contributed by atoms with Gasteiger partial charge in [0.05, 0.1) is 4.47 Å². The van der Waals surface area contributed by atoms with E-state index in [1.54, 1.807) is 0 Å². The molecule has 1 aliphatic rings. The average molecular weight is 389 g/mol. The molecule has 0 aliphatic carbocycles. The summed E-state index contributed by atoms with van der Waals surface area (Å²) in [6, 6.07) is 2.65. The monoisotopic (exact) mass is 388 g/mol. The maximum atomic E-state index is 14.3. The quantitative estimate of drug-likeness (QED) is 0.644. The third-order valence-electron chi connectivity index (χ3n) is 4.26. The molecule has 0 unspecified atom stereocenters. The standard InChI is InChI=1S/C15H15BrF2N2OS/c1-19-11(4-5-21)12-6-8(7-20(12)15(19)22)13-10(17)3-2-9(16)14(13)18/h2-3,8,21H,4-7H2,1H3/t8-/m1/s1. The predicted octanol–water partition coefficient (Wildman–Crippen LogP) is 3.47. The van der Waals surface area contributed by atoms with Crippen molar-refractivity contribution in [2.24, 2.45) is 7.05 Å². The molecule has 7 heteroatoms. The second kappa shape index (κ2) is 5.86. The summed E-state index contributed by atoms with van der Waals surface area (Å²) < 4.78 is 33.1. The summed E-state index contributed by atoms with van der Waals surface area (Å²) in [5.41, 5.74) is 2.00. The zero-order valence-electron chi connectivity index (χ0n) is 11.9. The first kappa shape index (κ1) is 15.8. The molecule has 3 nitrogen and oxygen atoms in total. The number of hydrogen-bond acceptors (Lipinski definition) is 2. The van der Waals surface area contributed by atoms with E-state index < -0.39 is 11.6 Å². The highest BCUT2D eigenvalue weighted by molar-refractivity contribution is 9.10. The first-order valence-electron chi connectivity index (χ1n) is 6.97. The molecule has 0 amide bonds. The molecule has 0 saturated carbocycles. The van der Waals surface area contributed by atoms with Gasteiger partial charge in [0.2, 0.25) is 0 Å². The Labute approximate surface area is 140 Å². The lowest BCUT2D eigenvalue weighted by atomic mass is 9.95. The molecular formula is C15H15BrF2N2OS. The fourth-order valence-corrected chi connectivity index (χ4v) is 3.86. The third-order valence-corrected chi connectivity index (χ3v) is 5.37. The fraction of sp³-hybridized carbons (Fsp3) is 0.400. The third kappa shape index (κ3) is 2.35. The summed E-state index contributed by atoms with van der Waals surface area (Å²) in [5, 5.41) is 9.21. The van der Waals surface area contributed by atoms with Gasteiger partial charge in [0, 0.05) is 49.5 Å². The number of imidazole rings is 1. The lowest BCUT2D eigenvalue weighted by Gasteiger charge is -2.14. The first-order chi connectivity index (χ1) is 10.5. The molecule has 1 aliphatic heterocycles. The molecule has 2 heterocycles. The van der Waals surface area contributed by atoms with Crippen LogP contribution in [0.4, 0.5) is 8.78 Å². The zero-order valence-corrected chi connectivity index (χ0v) is 14.3. The number of nitrogens with zero attached hydrogens (tertiary/aromatic N) is 2. The second-order valence-electron chi connectivity index (χ2n) is 5.48. The van der Waals surface area contributed by atoms with E-state index in [0.717, 1.165) is 11.4 Å². The summed E-state index contributed by atoms with van der Waals surface area (Å²) in [4.78, 5) is 0. The summed E-state index contributed by atoms with van der Waals surface area (Å²) >= 11 is 8.51. The minimum atomic E-state index is -0.547. The second-order valence-corrected chi connectivity index (χ2v) is 6.70. The van der Waals surface area contributed by atoms with E-state index >= 15 is 0 Å². The molecule has 1 N–H and O–H groups in total. The highest BCUT2D eigenvalue weighted by Gasteiger charge is 2.32. The van der Waals surface area contributed by atoms with Crippen LogP contribution in [0.25, 0.3) is 0 Å². The van der Waals surface area contributed by atoms with Crippen molar-refractivity contribution in [1.29, 1.82) is 0 Å². The Morgan fingerprint density at radius 3 is 2.82 bits per heavy atom. The SMILES string of the molecule is Cn1c(CCO)c2n(c1=S)C[C@H](c1c(F)ccc(Br)c1F)C2. The van der Waals surface area contributed by atoms with Crippen LogP contribution in [0.15, 0.2) is 16.6 Å². The van der Waals surface area contributed by atoms with Gasteiger partial charge >= 0.3 is 0 Å². The molecule has 0 bridgehead atoms. The predicted molar refractivity (Wildman–Crippen MR) is 85.5 cm³/mol. The van der Waals surface area contributed by atoms with Crippen LogP contribution < -0.4 is 0 Å². The summed E-state index contributed by atoms with van der Waals surface area (Å²) in [7, 11) is 1.86. The molecule has 0 radical (unpaired) electrons. The largest absolute Gasteiger partial charge is 0.396 e. The maximum absolute atomic E-state index is 14.3. The van der Waals surface area contributed by atoms with E-state index in [1.165, 1.54) is 12.1 Å². The molecule has 1 aromatic carbocycles. The minimum Gasteiger partial charge on any atom is -0.396 e. The average Bonchev–Trinajstić information content (AvgIpc) is 2.99. The normalized spacial score (nSPS) is 17.0. The number of halogens is 3. The molecule has 22 heavy (non-hydrogen) atoms. The molecule has 1 atom stereocenters. The lowest BCUT2D eigenvalue weighted by Crippen LogP contribution is -2.09. The lowest BCUT2D eigenvalue weighted by molar-refractivity contribution is 0.296. The van der Waals surface area contributed by atoms with Crippen LogP contribution in [0.2, 0.25) is 0 Å². The van der Waals surface area contributed by atoms with Gasteiger partial charge in [0.25, 0.3) is 0 Å². The molecule has 118 valence electrons. The van der Waals surface area contributed by atoms with Crippen molar-refractivity contribution in [2.45, 2.75) is 25.3 Å². The van der Waals surface area contributed by atoms with Gasteiger partial charge in [-0.1, -0.05) is 0 Å². The molecule has 2 aromatic rings. The Hall–Kier alpha value is -1.05. The van der Waals surface area contributed by atoms with Crippen LogP contribution >= 0.6 is 28.1 Å². The molecule has 1 aromatic heterocycles. The van der Waals surface area contributed by atoms with Crippen molar-refractivity contribution in [1.82, 2.24) is 9.13 Å². The van der Waals surface area contributed by atoms with Gasteiger partial charge in [0.1, 0.15) is 11.6 Å². The van der Waals surface area contributed by atoms with Crippen LogP contribution in [0, 0.1) is 16.4 Å². The van der Waals surface area contributed by atoms with Crippen molar-refractivity contribution in [3.8, 4) is 0 Å². The fourth-order valence-electron chi connectivity index (χ4n) is 3.22. The van der Waals surface area contributed by atoms with Gasteiger partial charge < -0.3 is 14.2 Å². The number of rotatable bonds is 3. The van der Waals surface area contributed by atoms with Crippen LogP contribution in [-0.4, -0.2) is 20.8 Å². The maximum Gasteiger partial charge on any atom is 0.179 e. The van der Waals surface area contributed by atoms with Crippen LogP contribution in [-0.2, 0) is 26.4 Å². The van der Waals surface area contributed by atoms with Crippen LogP contribution in [0.5, 0.6) is 0 Å². The Bertz CT molecular complexity index is 800. The van der Waals surface area contributed by atoms with Crippen molar-refractivity contribution >= 4 is 28.1 Å². The van der Waals surface area contributed by atoms with Gasteiger partial charge in [-0.05, 0) is 46.7 Å². The molecule has 0 saturated heterocycles. The minimum absolute atomic E-state index is 0.0178. The topological polar surface area (TPSA) is 30.1 Å². The highest BCUT2D eigenvalue weighted by atomic mass is 79.9. The molecule has 3 rings (SSSR count). The van der Waals surface area contributed by atoms with Gasteiger partial charge in [-0.2, -0.15) is 0 Å². The number of aliphatic hydroxyl groups is 1. The number of aromatic nitrogens is 2. The van der Waals surface area contributed by atoms with E-state index in [9.17, 15) is 13.9 Å². The van der Waals surface area contributed by atoms with Crippen LogP contribution in [0.3, 0.4) is 0 Å². The Balaban J connectivity index is 2.04. The highest BCUT2D eigenvalue weighted by Crippen LogP contribution is 2.37. The molecule has 0 fully saturated rings. The van der Waals surface area contributed by atoms with E-state index in [2.05, 4.69) is 15.9 Å². The Morgan fingerprint density at radius 1 is 1.41 bits per heavy atom. The summed E-state index contributed by atoms with van der Waals surface area (Å²) in [6.07, 6.45) is 1.00.